The van der Waals surface area contributed by atoms with Crippen molar-refractivity contribution in [3.63, 3.8) is 0 Å². The van der Waals surface area contributed by atoms with Crippen molar-refractivity contribution in [3.8, 4) is 5.75 Å². The van der Waals surface area contributed by atoms with Gasteiger partial charge in [-0.3, -0.25) is 4.79 Å². The third-order valence-corrected chi connectivity index (χ3v) is 2.72. The van der Waals surface area contributed by atoms with Gasteiger partial charge in [-0.25, -0.2) is 0 Å². The van der Waals surface area contributed by atoms with Crippen molar-refractivity contribution in [3.05, 3.63) is 23.8 Å². The van der Waals surface area contributed by atoms with Crippen LogP contribution in [0.5, 0.6) is 5.75 Å². The summed E-state index contributed by atoms with van der Waals surface area (Å²) in [6, 6.07) is 5.56. The summed E-state index contributed by atoms with van der Waals surface area (Å²) in [6.07, 6.45) is 1.41. The fraction of sp³-hybridized carbons (Fsp3) is 0.500. The monoisotopic (exact) mass is 250 g/mol. The molecule has 1 aromatic carbocycles. The van der Waals surface area contributed by atoms with Gasteiger partial charge in [0.25, 0.3) is 0 Å². The summed E-state index contributed by atoms with van der Waals surface area (Å²) in [7, 11) is 1.58. The maximum absolute atomic E-state index is 11.7. The van der Waals surface area contributed by atoms with Gasteiger partial charge in [0, 0.05) is 13.0 Å². The van der Waals surface area contributed by atoms with Crippen LogP contribution >= 0.6 is 0 Å². The Bertz CT molecular complexity index is 403. The molecule has 0 aliphatic rings. The Morgan fingerprint density at radius 2 is 2.17 bits per heavy atom. The first-order valence-corrected chi connectivity index (χ1v) is 6.23. The van der Waals surface area contributed by atoms with Crippen molar-refractivity contribution in [2.45, 2.75) is 33.2 Å². The van der Waals surface area contributed by atoms with Crippen molar-refractivity contribution in [2.75, 3.05) is 12.4 Å². The summed E-state index contributed by atoms with van der Waals surface area (Å²) in [4.78, 5) is 11.7. The van der Waals surface area contributed by atoms with Gasteiger partial charge in [-0.15, -0.1) is 0 Å². The highest BCUT2D eigenvalue weighted by Gasteiger charge is 2.08. The molecule has 100 valence electrons. The molecule has 0 saturated heterocycles. The zero-order valence-corrected chi connectivity index (χ0v) is 11.3. The first kappa shape index (κ1) is 14.5. The Balaban J connectivity index is 2.68. The third-order valence-electron chi connectivity index (χ3n) is 2.72. The van der Waals surface area contributed by atoms with Gasteiger partial charge in [0.2, 0.25) is 5.91 Å². The SMILES string of the molecule is COc1cc(CN)ccc1NC(=O)CCC(C)C. The number of carbonyl (C=O) groups excluding carboxylic acids is 1. The van der Waals surface area contributed by atoms with Crippen LogP contribution in [0.4, 0.5) is 5.69 Å². The fourth-order valence-corrected chi connectivity index (χ4v) is 1.60. The minimum Gasteiger partial charge on any atom is -0.495 e. The van der Waals surface area contributed by atoms with E-state index in [1.807, 2.05) is 18.2 Å². The Kier molecular flexibility index (Phi) is 5.65. The van der Waals surface area contributed by atoms with E-state index in [-0.39, 0.29) is 5.91 Å². The average molecular weight is 250 g/mol. The molecule has 0 fully saturated rings. The second kappa shape index (κ2) is 7.01. The normalized spacial score (nSPS) is 10.5. The van der Waals surface area contributed by atoms with Crippen LogP contribution in [0.25, 0.3) is 0 Å². The molecule has 4 nitrogen and oxygen atoms in total. The molecule has 1 aromatic rings. The number of hydrogen-bond donors (Lipinski definition) is 2. The molecule has 0 bridgehead atoms. The summed E-state index contributed by atoms with van der Waals surface area (Å²) in [5, 5.41) is 2.86. The maximum atomic E-state index is 11.7. The molecule has 0 heterocycles. The van der Waals surface area contributed by atoms with Gasteiger partial charge in [-0.1, -0.05) is 19.9 Å². The number of nitrogens with one attached hydrogen (secondary N) is 1. The van der Waals surface area contributed by atoms with E-state index < -0.39 is 0 Å². The molecule has 1 amide bonds. The predicted molar refractivity (Wildman–Crippen MR) is 73.6 cm³/mol. The lowest BCUT2D eigenvalue weighted by molar-refractivity contribution is -0.116. The molecule has 0 atom stereocenters. The van der Waals surface area contributed by atoms with Crippen LogP contribution in [0.1, 0.15) is 32.3 Å². The Morgan fingerprint density at radius 3 is 2.72 bits per heavy atom. The van der Waals surface area contributed by atoms with E-state index in [2.05, 4.69) is 19.2 Å². The van der Waals surface area contributed by atoms with E-state index in [1.165, 1.54) is 0 Å². The lowest BCUT2D eigenvalue weighted by atomic mass is 10.1. The second-order valence-corrected chi connectivity index (χ2v) is 4.72. The van der Waals surface area contributed by atoms with Crippen LogP contribution in [0.15, 0.2) is 18.2 Å². The first-order valence-electron chi connectivity index (χ1n) is 6.23. The summed E-state index contributed by atoms with van der Waals surface area (Å²) in [5.41, 5.74) is 7.24. The Hall–Kier alpha value is -1.55. The molecule has 0 aromatic heterocycles. The first-order chi connectivity index (χ1) is 8.56. The smallest absolute Gasteiger partial charge is 0.224 e. The number of anilines is 1. The molecular formula is C14H22N2O2. The molecule has 0 unspecified atom stereocenters. The van der Waals surface area contributed by atoms with E-state index in [1.54, 1.807) is 7.11 Å². The Morgan fingerprint density at radius 1 is 1.44 bits per heavy atom. The van der Waals surface area contributed by atoms with E-state index in [0.29, 0.717) is 30.3 Å². The molecule has 3 N–H and O–H groups in total. The molecule has 0 aliphatic carbocycles. The van der Waals surface area contributed by atoms with Crippen molar-refractivity contribution in [2.24, 2.45) is 11.7 Å². The largest absolute Gasteiger partial charge is 0.495 e. The highest BCUT2D eigenvalue weighted by atomic mass is 16.5. The van der Waals surface area contributed by atoms with Crippen LogP contribution in [-0.4, -0.2) is 13.0 Å². The van der Waals surface area contributed by atoms with Crippen LogP contribution in [-0.2, 0) is 11.3 Å². The third kappa shape index (κ3) is 4.37. The lowest BCUT2D eigenvalue weighted by Gasteiger charge is -2.12. The molecule has 4 heteroatoms. The number of ether oxygens (including phenoxy) is 1. The van der Waals surface area contributed by atoms with E-state index in [0.717, 1.165) is 12.0 Å². The van der Waals surface area contributed by atoms with E-state index in [4.69, 9.17) is 10.5 Å². The maximum Gasteiger partial charge on any atom is 0.224 e. The van der Waals surface area contributed by atoms with Gasteiger partial charge in [0.05, 0.1) is 12.8 Å². The van der Waals surface area contributed by atoms with Gasteiger partial charge in [-0.05, 0) is 30.0 Å². The van der Waals surface area contributed by atoms with Gasteiger partial charge >= 0.3 is 0 Å². The zero-order chi connectivity index (χ0) is 13.5. The van der Waals surface area contributed by atoms with Gasteiger partial charge in [0.15, 0.2) is 0 Å². The van der Waals surface area contributed by atoms with Crippen molar-refractivity contribution < 1.29 is 9.53 Å². The average Bonchev–Trinajstić information content (AvgIpc) is 2.36. The molecule has 0 spiro atoms. The van der Waals surface area contributed by atoms with Crippen LogP contribution in [0.2, 0.25) is 0 Å². The quantitative estimate of drug-likeness (QED) is 0.815. The van der Waals surface area contributed by atoms with Gasteiger partial charge < -0.3 is 15.8 Å². The minimum absolute atomic E-state index is 0.0162. The number of carbonyl (C=O) groups is 1. The molecular weight excluding hydrogens is 228 g/mol. The van der Waals surface area contributed by atoms with E-state index in [9.17, 15) is 4.79 Å². The number of methoxy groups -OCH3 is 1. The topological polar surface area (TPSA) is 64.3 Å². The summed E-state index contributed by atoms with van der Waals surface area (Å²) in [5.74, 6) is 1.19. The number of rotatable bonds is 6. The Labute approximate surface area is 109 Å². The predicted octanol–water partition coefficient (Wildman–Crippen LogP) is 2.53. The second-order valence-electron chi connectivity index (χ2n) is 4.72. The standard InChI is InChI=1S/C14H22N2O2/c1-10(2)4-7-14(17)16-12-6-5-11(9-15)8-13(12)18-3/h5-6,8,10H,4,7,9,15H2,1-3H3,(H,16,17). The van der Waals surface area contributed by atoms with Gasteiger partial charge in [0.1, 0.15) is 5.75 Å². The van der Waals surface area contributed by atoms with E-state index >= 15 is 0 Å². The highest BCUT2D eigenvalue weighted by Crippen LogP contribution is 2.25. The molecule has 18 heavy (non-hydrogen) atoms. The van der Waals surface area contributed by atoms with Crippen LogP contribution in [0, 0.1) is 5.92 Å². The van der Waals surface area contributed by atoms with Gasteiger partial charge in [-0.2, -0.15) is 0 Å². The zero-order valence-electron chi connectivity index (χ0n) is 11.3. The molecule has 0 radical (unpaired) electrons. The number of benzene rings is 1. The number of amides is 1. The fourth-order valence-electron chi connectivity index (χ4n) is 1.60. The summed E-state index contributed by atoms with van der Waals surface area (Å²) in [6.45, 7) is 4.66. The van der Waals surface area contributed by atoms with Crippen LogP contribution < -0.4 is 15.8 Å². The van der Waals surface area contributed by atoms with Crippen molar-refractivity contribution >= 4 is 11.6 Å². The lowest BCUT2D eigenvalue weighted by Crippen LogP contribution is -2.13. The number of nitrogens with two attached hydrogens (primary N) is 1. The van der Waals surface area contributed by atoms with Crippen molar-refractivity contribution in [1.29, 1.82) is 0 Å². The summed E-state index contributed by atoms with van der Waals surface area (Å²) >= 11 is 0. The van der Waals surface area contributed by atoms with Crippen LogP contribution in [0.3, 0.4) is 0 Å². The number of hydrogen-bond acceptors (Lipinski definition) is 3. The molecule has 0 saturated carbocycles. The van der Waals surface area contributed by atoms with Crippen molar-refractivity contribution in [1.82, 2.24) is 0 Å². The molecule has 1 rings (SSSR count). The molecule has 0 aliphatic heterocycles. The summed E-state index contributed by atoms with van der Waals surface area (Å²) < 4.78 is 5.24. The minimum atomic E-state index is 0.0162. The highest BCUT2D eigenvalue weighted by molar-refractivity contribution is 5.92.